The maximum Gasteiger partial charge on any atom is 0.311 e. The van der Waals surface area contributed by atoms with Gasteiger partial charge in [0.1, 0.15) is 17.5 Å². The van der Waals surface area contributed by atoms with Crippen LogP contribution in [0.15, 0.2) is 6.20 Å². The van der Waals surface area contributed by atoms with Crippen LogP contribution in [0.3, 0.4) is 0 Å². The Balaban J connectivity index is 1.89. The third-order valence-corrected chi connectivity index (χ3v) is 4.71. The van der Waals surface area contributed by atoms with E-state index in [9.17, 15) is 13.2 Å². The normalized spacial score (nSPS) is 27.6. The Labute approximate surface area is 129 Å². The van der Waals surface area contributed by atoms with Crippen molar-refractivity contribution >= 4 is 28.3 Å². The molecule has 0 N–H and O–H groups in total. The van der Waals surface area contributed by atoms with E-state index < -0.39 is 18.1 Å². The van der Waals surface area contributed by atoms with Crippen molar-refractivity contribution < 1.29 is 13.2 Å². The first-order chi connectivity index (χ1) is 10.6. The summed E-state index contributed by atoms with van der Waals surface area (Å²) < 4.78 is 41.7. The van der Waals surface area contributed by atoms with Crippen molar-refractivity contribution in [3.8, 4) is 0 Å². The molecule has 0 bridgehead atoms. The van der Waals surface area contributed by atoms with Gasteiger partial charge in [0.15, 0.2) is 11.0 Å². The molecule has 3 heterocycles. The van der Waals surface area contributed by atoms with Gasteiger partial charge in [0.25, 0.3) is 0 Å². The van der Waals surface area contributed by atoms with Gasteiger partial charge in [0.05, 0.1) is 11.4 Å². The van der Waals surface area contributed by atoms with Crippen molar-refractivity contribution in [3.63, 3.8) is 0 Å². The van der Waals surface area contributed by atoms with Gasteiger partial charge in [0, 0.05) is 18.7 Å². The van der Waals surface area contributed by atoms with Crippen LogP contribution < -0.4 is 4.90 Å². The quantitative estimate of drug-likeness (QED) is 0.595. The highest BCUT2D eigenvalue weighted by Gasteiger charge is 2.55. The van der Waals surface area contributed by atoms with Crippen LogP contribution in [0.1, 0.15) is 19.3 Å². The van der Waals surface area contributed by atoms with Crippen LogP contribution in [0.2, 0.25) is 5.15 Å². The molecule has 2 aliphatic rings. The van der Waals surface area contributed by atoms with Gasteiger partial charge in [-0.3, -0.25) is 0 Å². The largest absolute Gasteiger partial charge is 0.350 e. The number of rotatable bonds is 1. The van der Waals surface area contributed by atoms with Crippen LogP contribution in [0.25, 0.3) is 10.9 Å². The standard InChI is InChI=1S/C14H12ClF3N4/c15-12-9(17)10-7(5-19-12)13(21-14(18)20-10)22-4-2-1-3-6-8(16)11(6)22/h5-6,8,11H,1-4H2/t6-,8-,11-/m0/s1. The van der Waals surface area contributed by atoms with E-state index in [0.29, 0.717) is 6.54 Å². The van der Waals surface area contributed by atoms with Crippen molar-refractivity contribution in [2.24, 2.45) is 5.92 Å². The van der Waals surface area contributed by atoms with Crippen molar-refractivity contribution in [2.45, 2.75) is 31.5 Å². The molecule has 4 nitrogen and oxygen atoms in total. The number of aromatic nitrogens is 3. The lowest BCUT2D eigenvalue weighted by Crippen LogP contribution is -2.30. The van der Waals surface area contributed by atoms with E-state index >= 15 is 0 Å². The Bertz CT molecular complexity index is 756. The fourth-order valence-electron chi connectivity index (χ4n) is 3.32. The van der Waals surface area contributed by atoms with Gasteiger partial charge >= 0.3 is 6.08 Å². The number of fused-ring (bicyclic) bond motifs is 2. The first kappa shape index (κ1) is 14.0. The topological polar surface area (TPSA) is 41.9 Å². The number of hydrogen-bond donors (Lipinski definition) is 0. The molecule has 0 unspecified atom stereocenters. The highest BCUT2D eigenvalue weighted by Crippen LogP contribution is 2.47. The van der Waals surface area contributed by atoms with Crippen molar-refractivity contribution in [2.75, 3.05) is 11.4 Å². The third-order valence-electron chi connectivity index (χ3n) is 4.45. The van der Waals surface area contributed by atoms with Crippen LogP contribution in [0.5, 0.6) is 0 Å². The van der Waals surface area contributed by atoms with Gasteiger partial charge in [-0.2, -0.15) is 14.4 Å². The lowest BCUT2D eigenvalue weighted by atomic mass is 10.2. The fourth-order valence-corrected chi connectivity index (χ4v) is 3.46. The van der Waals surface area contributed by atoms with Crippen LogP contribution >= 0.6 is 11.6 Å². The number of nitrogens with zero attached hydrogens (tertiary/aromatic N) is 4. The minimum absolute atomic E-state index is 0.0549. The smallest absolute Gasteiger partial charge is 0.311 e. The average Bonchev–Trinajstić information content (AvgIpc) is 3.18. The molecule has 0 spiro atoms. The van der Waals surface area contributed by atoms with Crippen molar-refractivity contribution in [3.05, 3.63) is 23.2 Å². The molecule has 116 valence electrons. The van der Waals surface area contributed by atoms with Crippen molar-refractivity contribution in [1.82, 2.24) is 15.0 Å². The Morgan fingerprint density at radius 1 is 1.23 bits per heavy atom. The lowest BCUT2D eigenvalue weighted by molar-refractivity contribution is 0.419. The van der Waals surface area contributed by atoms with E-state index in [1.807, 2.05) is 0 Å². The van der Waals surface area contributed by atoms with E-state index in [0.717, 1.165) is 19.3 Å². The van der Waals surface area contributed by atoms with Crippen LogP contribution in [0, 0.1) is 17.8 Å². The summed E-state index contributed by atoms with van der Waals surface area (Å²) in [6, 6.07) is -0.321. The number of pyridine rings is 1. The Morgan fingerprint density at radius 3 is 2.86 bits per heavy atom. The summed E-state index contributed by atoms with van der Waals surface area (Å²) in [6.07, 6.45) is 1.90. The maximum absolute atomic E-state index is 14.0. The number of halogens is 4. The van der Waals surface area contributed by atoms with E-state index in [1.54, 1.807) is 4.90 Å². The molecular weight excluding hydrogens is 317 g/mol. The zero-order valence-electron chi connectivity index (χ0n) is 11.4. The molecule has 1 saturated carbocycles. The van der Waals surface area contributed by atoms with Crippen LogP contribution in [0.4, 0.5) is 19.0 Å². The second-order valence-corrected chi connectivity index (χ2v) is 6.09. The molecule has 1 aliphatic heterocycles. The zero-order chi connectivity index (χ0) is 15.4. The molecule has 3 atom stereocenters. The summed E-state index contributed by atoms with van der Waals surface area (Å²) in [5.41, 5.74) is -0.223. The summed E-state index contributed by atoms with van der Waals surface area (Å²) in [5, 5.41) is -0.122. The van der Waals surface area contributed by atoms with Crippen molar-refractivity contribution in [1.29, 1.82) is 0 Å². The first-order valence-electron chi connectivity index (χ1n) is 7.16. The Morgan fingerprint density at radius 2 is 2.05 bits per heavy atom. The molecule has 8 heteroatoms. The van der Waals surface area contributed by atoms with Gasteiger partial charge in [-0.25, -0.2) is 13.8 Å². The van der Waals surface area contributed by atoms with Gasteiger partial charge < -0.3 is 4.90 Å². The van der Waals surface area contributed by atoms with E-state index in [4.69, 9.17) is 11.6 Å². The van der Waals surface area contributed by atoms with Crippen LogP contribution in [-0.4, -0.2) is 33.7 Å². The van der Waals surface area contributed by atoms with Crippen LogP contribution in [-0.2, 0) is 0 Å². The zero-order valence-corrected chi connectivity index (χ0v) is 12.2. The molecule has 1 saturated heterocycles. The summed E-state index contributed by atoms with van der Waals surface area (Å²) in [5.74, 6) is -0.746. The maximum atomic E-state index is 14.0. The molecule has 0 aromatic carbocycles. The Kier molecular flexibility index (Phi) is 3.14. The molecular formula is C14H12ClF3N4. The molecule has 1 aliphatic carbocycles. The highest BCUT2D eigenvalue weighted by molar-refractivity contribution is 6.30. The van der Waals surface area contributed by atoms with Gasteiger partial charge in [0.2, 0.25) is 0 Å². The Hall–Kier alpha value is -1.63. The SMILES string of the molecule is Fc1nc(N2CCCC[C@H]3[C@H](F)[C@H]32)c2cnc(Cl)c(F)c2n1. The van der Waals surface area contributed by atoms with E-state index in [2.05, 4.69) is 15.0 Å². The number of anilines is 1. The first-order valence-corrected chi connectivity index (χ1v) is 7.53. The summed E-state index contributed by atoms with van der Waals surface area (Å²) in [6.45, 7) is 0.553. The molecule has 2 aromatic heterocycles. The minimum Gasteiger partial charge on any atom is -0.350 e. The molecule has 22 heavy (non-hydrogen) atoms. The molecule has 2 fully saturated rings. The van der Waals surface area contributed by atoms with E-state index in [1.165, 1.54) is 6.20 Å². The minimum atomic E-state index is -1.06. The molecule has 2 aromatic rings. The fraction of sp³-hybridized carbons (Fsp3) is 0.500. The van der Waals surface area contributed by atoms with Gasteiger partial charge in [-0.1, -0.05) is 18.0 Å². The highest BCUT2D eigenvalue weighted by atomic mass is 35.5. The van der Waals surface area contributed by atoms with Gasteiger partial charge in [-0.15, -0.1) is 0 Å². The number of alkyl halides is 1. The monoisotopic (exact) mass is 328 g/mol. The average molecular weight is 329 g/mol. The summed E-state index contributed by atoms with van der Waals surface area (Å²) >= 11 is 5.62. The third kappa shape index (κ3) is 2.02. The molecule has 4 rings (SSSR count). The second-order valence-electron chi connectivity index (χ2n) is 5.73. The summed E-state index contributed by atoms with van der Waals surface area (Å²) in [4.78, 5) is 12.7. The van der Waals surface area contributed by atoms with Gasteiger partial charge in [-0.05, 0) is 12.8 Å². The molecule has 0 radical (unpaired) electrons. The van der Waals surface area contributed by atoms with E-state index in [-0.39, 0.29) is 33.8 Å². The molecule has 0 amide bonds. The second kappa shape index (κ2) is 4.94. The number of hydrogen-bond acceptors (Lipinski definition) is 4. The predicted octanol–water partition coefficient (Wildman–Crippen LogP) is 3.28. The predicted molar refractivity (Wildman–Crippen MR) is 75.6 cm³/mol. The lowest BCUT2D eigenvalue weighted by Gasteiger charge is -2.23. The summed E-state index contributed by atoms with van der Waals surface area (Å²) in [7, 11) is 0.